The van der Waals surface area contributed by atoms with Crippen LogP contribution in [0.4, 0.5) is 17.6 Å². The fourth-order valence-electron chi connectivity index (χ4n) is 1.75. The van der Waals surface area contributed by atoms with Gasteiger partial charge in [-0.2, -0.15) is 16.3 Å². The average Bonchev–Trinajstić information content (AvgIpc) is 3.24. The van der Waals surface area contributed by atoms with E-state index in [0.29, 0.717) is 5.56 Å². The van der Waals surface area contributed by atoms with Crippen LogP contribution in [-0.4, -0.2) is 16.1 Å². The van der Waals surface area contributed by atoms with Gasteiger partial charge in [-0.15, -0.1) is 0 Å². The minimum Gasteiger partial charge on any atom is -0.452 e. The number of nitrogens with zero attached hydrogens (tertiary/aromatic N) is 2. The zero-order valence-corrected chi connectivity index (χ0v) is 12.4. The molecule has 2 heterocycles. The van der Waals surface area contributed by atoms with Crippen molar-refractivity contribution in [3.63, 3.8) is 0 Å². The molecule has 0 atom stereocenters. The molecule has 0 aliphatic carbocycles. The quantitative estimate of drug-likeness (QED) is 0.308. The highest BCUT2D eigenvalue weighted by atomic mass is 32.1. The number of carbonyl (C=O) groups excluding carboxylic acids is 1. The van der Waals surface area contributed by atoms with Crippen LogP contribution in [0, 0.1) is 23.3 Å². The van der Waals surface area contributed by atoms with E-state index in [-0.39, 0.29) is 17.8 Å². The van der Waals surface area contributed by atoms with Crippen molar-refractivity contribution in [2.75, 3.05) is 0 Å². The normalized spacial score (nSPS) is 10.8. The highest BCUT2D eigenvalue weighted by Gasteiger charge is 2.24. The van der Waals surface area contributed by atoms with Crippen molar-refractivity contribution < 1.29 is 31.6 Å². The Morgan fingerprint density at radius 1 is 1.21 bits per heavy atom. The van der Waals surface area contributed by atoms with Crippen LogP contribution in [0.15, 0.2) is 27.4 Å². The minimum absolute atomic E-state index is 0.104. The van der Waals surface area contributed by atoms with Crippen LogP contribution in [0.1, 0.15) is 16.2 Å². The Hall–Kier alpha value is -2.75. The summed E-state index contributed by atoms with van der Waals surface area (Å²) in [5.41, 5.74) is -0.390. The first-order chi connectivity index (χ1) is 11.5. The first-order valence-electron chi connectivity index (χ1n) is 6.32. The Labute approximate surface area is 135 Å². The molecular weight excluding hydrogens is 352 g/mol. The maximum atomic E-state index is 13.5. The van der Waals surface area contributed by atoms with Gasteiger partial charge in [0, 0.05) is 10.9 Å². The van der Waals surface area contributed by atoms with Gasteiger partial charge in [-0.1, -0.05) is 5.16 Å². The van der Waals surface area contributed by atoms with Crippen molar-refractivity contribution in [2.45, 2.75) is 6.61 Å². The van der Waals surface area contributed by atoms with Gasteiger partial charge < -0.3 is 9.26 Å². The molecule has 0 unspecified atom stereocenters. The van der Waals surface area contributed by atoms with Gasteiger partial charge in [-0.05, 0) is 17.5 Å². The molecule has 0 saturated carbocycles. The summed E-state index contributed by atoms with van der Waals surface area (Å²) >= 11 is 1.41. The number of thiophene rings is 1. The second-order valence-corrected chi connectivity index (χ2v) is 5.23. The Morgan fingerprint density at radius 3 is 2.71 bits per heavy atom. The summed E-state index contributed by atoms with van der Waals surface area (Å²) in [6.45, 7) is -0.546. The van der Waals surface area contributed by atoms with Gasteiger partial charge in [0.1, 0.15) is 5.56 Å². The molecule has 124 valence electrons. The summed E-state index contributed by atoms with van der Waals surface area (Å²) in [4.78, 5) is 15.6. The van der Waals surface area contributed by atoms with Crippen LogP contribution in [0.2, 0.25) is 0 Å². The van der Waals surface area contributed by atoms with Crippen LogP contribution in [-0.2, 0) is 11.3 Å². The molecule has 0 aliphatic rings. The Morgan fingerprint density at radius 2 is 2.00 bits per heavy atom. The lowest BCUT2D eigenvalue weighted by Gasteiger charge is -2.05. The van der Waals surface area contributed by atoms with Crippen molar-refractivity contribution in [1.29, 1.82) is 0 Å². The fraction of sp³-hybridized carbons (Fsp3) is 0.0714. The van der Waals surface area contributed by atoms with Gasteiger partial charge >= 0.3 is 5.97 Å². The number of hydrogen-bond donors (Lipinski definition) is 0. The summed E-state index contributed by atoms with van der Waals surface area (Å²) in [5, 5.41) is 7.21. The first kappa shape index (κ1) is 16.1. The van der Waals surface area contributed by atoms with Gasteiger partial charge in [0.25, 0.3) is 5.89 Å². The van der Waals surface area contributed by atoms with Gasteiger partial charge in [0.05, 0.1) is 0 Å². The number of benzene rings is 1. The fourth-order valence-corrected chi connectivity index (χ4v) is 2.38. The van der Waals surface area contributed by atoms with Gasteiger partial charge in [-0.25, -0.2) is 22.4 Å². The van der Waals surface area contributed by atoms with Gasteiger partial charge in [-0.3, -0.25) is 0 Å². The number of rotatable bonds is 4. The molecule has 0 N–H and O–H groups in total. The zero-order valence-electron chi connectivity index (χ0n) is 11.6. The van der Waals surface area contributed by atoms with E-state index in [0.717, 1.165) is 0 Å². The van der Waals surface area contributed by atoms with E-state index in [9.17, 15) is 22.4 Å². The molecule has 1 aromatic carbocycles. The Balaban J connectivity index is 1.73. The van der Waals surface area contributed by atoms with Crippen molar-refractivity contribution in [2.24, 2.45) is 0 Å². The van der Waals surface area contributed by atoms with E-state index in [1.807, 2.05) is 0 Å². The Bertz CT molecular complexity index is 896. The third-order valence-corrected chi connectivity index (χ3v) is 3.58. The predicted molar refractivity (Wildman–Crippen MR) is 73.0 cm³/mol. The second-order valence-electron chi connectivity index (χ2n) is 4.45. The largest absolute Gasteiger partial charge is 0.452 e. The number of esters is 1. The van der Waals surface area contributed by atoms with E-state index in [1.165, 1.54) is 11.3 Å². The molecule has 0 radical (unpaired) electrons. The third kappa shape index (κ3) is 3.00. The monoisotopic (exact) mass is 358 g/mol. The Kier molecular flexibility index (Phi) is 4.30. The van der Waals surface area contributed by atoms with Crippen LogP contribution in [0.3, 0.4) is 0 Å². The number of halogens is 4. The maximum Gasteiger partial charge on any atom is 0.341 e. The van der Waals surface area contributed by atoms with Gasteiger partial charge in [0.2, 0.25) is 5.82 Å². The van der Waals surface area contributed by atoms with Crippen LogP contribution >= 0.6 is 11.3 Å². The zero-order chi connectivity index (χ0) is 17.3. The summed E-state index contributed by atoms with van der Waals surface area (Å²) in [6, 6.07) is 1.95. The van der Waals surface area contributed by atoms with Crippen LogP contribution in [0.25, 0.3) is 11.4 Å². The molecule has 0 bridgehead atoms. The minimum atomic E-state index is -2.10. The maximum absolute atomic E-state index is 13.5. The molecule has 0 spiro atoms. The predicted octanol–water partition coefficient (Wildman–Crippen LogP) is 3.71. The van der Waals surface area contributed by atoms with E-state index < -0.39 is 41.4 Å². The molecule has 0 saturated heterocycles. The lowest BCUT2D eigenvalue weighted by molar-refractivity contribution is 0.0422. The van der Waals surface area contributed by atoms with Crippen molar-refractivity contribution in [3.05, 3.63) is 57.6 Å². The topological polar surface area (TPSA) is 65.2 Å². The summed E-state index contributed by atoms with van der Waals surface area (Å²) < 4.78 is 62.0. The molecule has 0 amide bonds. The summed E-state index contributed by atoms with van der Waals surface area (Å²) in [5.74, 6) is -8.91. The molecule has 3 aromatic rings. The smallest absolute Gasteiger partial charge is 0.341 e. The van der Waals surface area contributed by atoms with Crippen LogP contribution < -0.4 is 0 Å². The highest BCUT2D eigenvalue weighted by Crippen LogP contribution is 2.21. The third-order valence-electron chi connectivity index (χ3n) is 2.90. The number of carbonyl (C=O) groups is 1. The lowest BCUT2D eigenvalue weighted by Crippen LogP contribution is -2.11. The second kappa shape index (κ2) is 6.40. The van der Waals surface area contributed by atoms with Gasteiger partial charge in [0.15, 0.2) is 29.9 Å². The molecule has 24 heavy (non-hydrogen) atoms. The van der Waals surface area contributed by atoms with E-state index >= 15 is 0 Å². The van der Waals surface area contributed by atoms with E-state index in [1.54, 1.807) is 16.8 Å². The van der Waals surface area contributed by atoms with Crippen molar-refractivity contribution >= 4 is 17.3 Å². The van der Waals surface area contributed by atoms with E-state index in [4.69, 9.17) is 4.52 Å². The molecule has 10 heteroatoms. The van der Waals surface area contributed by atoms with Crippen LogP contribution in [0.5, 0.6) is 0 Å². The lowest BCUT2D eigenvalue weighted by atomic mass is 10.2. The standard InChI is InChI=1S/C14H6F4N2O3S/c15-8-3-7(10(16)12(18)11(8)17)14(21)22-4-9-19-13(20-23-9)6-1-2-24-5-6/h1-3,5H,4H2. The van der Waals surface area contributed by atoms with Crippen molar-refractivity contribution in [3.8, 4) is 11.4 Å². The van der Waals surface area contributed by atoms with E-state index in [2.05, 4.69) is 14.9 Å². The highest BCUT2D eigenvalue weighted by molar-refractivity contribution is 7.08. The molecule has 5 nitrogen and oxygen atoms in total. The average molecular weight is 358 g/mol. The number of aromatic nitrogens is 2. The first-order valence-corrected chi connectivity index (χ1v) is 7.27. The summed E-state index contributed by atoms with van der Waals surface area (Å²) in [7, 11) is 0. The SMILES string of the molecule is O=C(OCc1nc(-c2ccsc2)no1)c1cc(F)c(F)c(F)c1F. The molecule has 0 aliphatic heterocycles. The molecular formula is C14H6F4N2O3S. The molecule has 3 rings (SSSR count). The molecule has 0 fully saturated rings. The number of hydrogen-bond acceptors (Lipinski definition) is 6. The number of ether oxygens (including phenoxy) is 1. The van der Waals surface area contributed by atoms with Crippen molar-refractivity contribution in [1.82, 2.24) is 10.1 Å². The molecule has 2 aromatic heterocycles. The summed E-state index contributed by atoms with van der Waals surface area (Å²) in [6.07, 6.45) is 0.